The van der Waals surface area contributed by atoms with E-state index in [1.165, 1.54) is 18.3 Å². The van der Waals surface area contributed by atoms with Gasteiger partial charge in [0, 0.05) is 23.0 Å². The van der Waals surface area contributed by atoms with Crippen molar-refractivity contribution in [1.82, 2.24) is 10.3 Å². The maximum Gasteiger partial charge on any atom is 0.417 e. The van der Waals surface area contributed by atoms with Gasteiger partial charge in [-0.3, -0.25) is 9.79 Å². The lowest BCUT2D eigenvalue weighted by Gasteiger charge is -2.11. The Kier molecular flexibility index (Phi) is 6.75. The number of benzene rings is 1. The van der Waals surface area contributed by atoms with Crippen molar-refractivity contribution in [2.75, 3.05) is 5.32 Å². The molecule has 2 aromatic rings. The third-order valence-electron chi connectivity index (χ3n) is 3.10. The van der Waals surface area contributed by atoms with E-state index in [9.17, 15) is 18.0 Å². The first kappa shape index (κ1) is 20.7. The number of aliphatic imine (C=N–C) groups is 1. The van der Waals surface area contributed by atoms with Crippen molar-refractivity contribution in [1.29, 1.82) is 0 Å². The van der Waals surface area contributed by atoms with Crippen molar-refractivity contribution in [3.8, 4) is 0 Å². The lowest BCUT2D eigenvalue weighted by molar-refractivity contribution is -0.137. The van der Waals surface area contributed by atoms with E-state index >= 15 is 0 Å². The summed E-state index contributed by atoms with van der Waals surface area (Å²) >= 11 is 6.75. The lowest BCUT2D eigenvalue weighted by atomic mass is 10.2. The number of rotatable bonds is 7. The van der Waals surface area contributed by atoms with E-state index < -0.39 is 11.7 Å². The fourth-order valence-electron chi connectivity index (χ4n) is 1.96. The Labute approximate surface area is 162 Å². The van der Waals surface area contributed by atoms with Crippen molar-refractivity contribution in [2.45, 2.75) is 12.6 Å². The number of nitrogens with zero attached hydrogens (tertiary/aromatic N) is 2. The number of nitrogens with one attached hydrogen (secondary N) is 2. The summed E-state index contributed by atoms with van der Waals surface area (Å²) in [5.74, 6) is -0.337. The summed E-state index contributed by atoms with van der Waals surface area (Å²) in [7, 11) is 0. The number of amides is 1. The lowest BCUT2D eigenvalue weighted by Crippen LogP contribution is -2.23. The highest BCUT2D eigenvalue weighted by molar-refractivity contribution is 7.13. The Balaban J connectivity index is 2.02. The molecule has 1 aromatic carbocycles. The summed E-state index contributed by atoms with van der Waals surface area (Å²) in [5, 5.41) is 6.92. The number of hydrogen-bond donors (Lipinski definition) is 2. The van der Waals surface area contributed by atoms with Gasteiger partial charge in [0.15, 0.2) is 5.13 Å². The van der Waals surface area contributed by atoms with Crippen LogP contribution in [0.25, 0.3) is 0 Å². The van der Waals surface area contributed by atoms with E-state index in [0.29, 0.717) is 16.5 Å². The van der Waals surface area contributed by atoms with Gasteiger partial charge >= 0.3 is 6.18 Å². The fraction of sp³-hybridized carbons (Fsp3) is 0.118. The van der Waals surface area contributed by atoms with Crippen LogP contribution in [0, 0.1) is 0 Å². The second-order valence-corrected chi connectivity index (χ2v) is 6.48. The van der Waals surface area contributed by atoms with Crippen LogP contribution in [-0.4, -0.2) is 17.6 Å². The Morgan fingerprint density at radius 2 is 2.15 bits per heavy atom. The van der Waals surface area contributed by atoms with Crippen LogP contribution in [0.2, 0.25) is 5.02 Å². The summed E-state index contributed by atoms with van der Waals surface area (Å²) < 4.78 is 38.7. The van der Waals surface area contributed by atoms with Gasteiger partial charge in [-0.15, -0.1) is 11.3 Å². The van der Waals surface area contributed by atoms with Crippen LogP contribution in [0.1, 0.15) is 11.3 Å². The molecular formula is C17H14ClF3N4OS. The topological polar surface area (TPSA) is 66.4 Å². The van der Waals surface area contributed by atoms with E-state index in [2.05, 4.69) is 33.9 Å². The van der Waals surface area contributed by atoms with Crippen LogP contribution in [-0.2, 0) is 17.4 Å². The van der Waals surface area contributed by atoms with Gasteiger partial charge in [-0.25, -0.2) is 4.98 Å². The van der Waals surface area contributed by atoms with Gasteiger partial charge in [0.25, 0.3) is 0 Å². The molecule has 1 aromatic heterocycles. The first-order valence-electron chi connectivity index (χ1n) is 7.38. The highest BCUT2D eigenvalue weighted by Gasteiger charge is 2.33. The van der Waals surface area contributed by atoms with Crippen LogP contribution < -0.4 is 10.6 Å². The van der Waals surface area contributed by atoms with Crippen molar-refractivity contribution >= 4 is 46.4 Å². The van der Waals surface area contributed by atoms with Crippen LogP contribution in [0.4, 0.5) is 24.0 Å². The Morgan fingerprint density at radius 1 is 1.41 bits per heavy atom. The number of halogens is 4. The summed E-state index contributed by atoms with van der Waals surface area (Å²) in [5.41, 5.74) is 0.0591. The Morgan fingerprint density at radius 3 is 2.81 bits per heavy atom. The van der Waals surface area contributed by atoms with Crippen molar-refractivity contribution in [3.05, 3.63) is 64.4 Å². The van der Waals surface area contributed by atoms with E-state index in [0.717, 1.165) is 23.5 Å². The van der Waals surface area contributed by atoms with Gasteiger partial charge in [0.2, 0.25) is 5.91 Å². The third kappa shape index (κ3) is 6.22. The summed E-state index contributed by atoms with van der Waals surface area (Å²) in [4.78, 5) is 19.6. The van der Waals surface area contributed by atoms with Crippen molar-refractivity contribution in [3.63, 3.8) is 0 Å². The standard InChI is InChI=1S/C17H14ClF3N4OS/c1-10(5-6-22-2)23-15(26)8-12-9-27-16(25-12)24-11-3-4-14(18)13(7-11)17(19,20)21/h3-7,9H,1-2,8H2,(H,23,26)(H,24,25)/b6-5-. The summed E-state index contributed by atoms with van der Waals surface area (Å²) in [6.07, 6.45) is -1.70. The first-order valence-corrected chi connectivity index (χ1v) is 8.64. The molecule has 0 saturated heterocycles. The molecule has 0 atom stereocenters. The molecule has 0 spiro atoms. The third-order valence-corrected chi connectivity index (χ3v) is 4.23. The van der Waals surface area contributed by atoms with Gasteiger partial charge in [-0.1, -0.05) is 18.2 Å². The molecule has 0 radical (unpaired) electrons. The van der Waals surface area contributed by atoms with Gasteiger partial charge in [-0.2, -0.15) is 13.2 Å². The smallest absolute Gasteiger partial charge is 0.332 e. The molecule has 1 heterocycles. The van der Waals surface area contributed by atoms with Gasteiger partial charge in [0.1, 0.15) is 0 Å². The average Bonchev–Trinajstić information content (AvgIpc) is 3.00. The Bertz CT molecular complexity index is 893. The average molecular weight is 415 g/mol. The SMILES string of the molecule is C=N/C=C\C(=C)NC(=O)Cc1csc(Nc2ccc(Cl)c(C(F)(F)F)c2)n1. The van der Waals surface area contributed by atoms with Crippen LogP contribution in [0.3, 0.4) is 0 Å². The van der Waals surface area contributed by atoms with Crippen molar-refractivity contribution < 1.29 is 18.0 Å². The molecule has 0 aliphatic rings. The zero-order valence-corrected chi connectivity index (χ0v) is 15.4. The number of carbonyl (C=O) groups is 1. The molecule has 2 N–H and O–H groups in total. The minimum absolute atomic E-state index is 0.0129. The van der Waals surface area contributed by atoms with E-state index in [4.69, 9.17) is 11.6 Å². The molecule has 0 fully saturated rings. The number of anilines is 2. The highest BCUT2D eigenvalue weighted by atomic mass is 35.5. The molecule has 2 rings (SSSR count). The van der Waals surface area contributed by atoms with Gasteiger partial charge in [-0.05, 0) is 31.0 Å². The maximum absolute atomic E-state index is 12.9. The predicted octanol–water partition coefficient (Wildman–Crippen LogP) is 4.95. The van der Waals surface area contributed by atoms with Crippen LogP contribution in [0.5, 0.6) is 0 Å². The number of allylic oxidation sites excluding steroid dienone is 1. The second kappa shape index (κ2) is 8.83. The largest absolute Gasteiger partial charge is 0.417 e. The minimum Gasteiger partial charge on any atom is -0.332 e. The van der Waals surface area contributed by atoms with E-state index in [1.54, 1.807) is 5.38 Å². The monoisotopic (exact) mass is 414 g/mol. The molecule has 0 aliphatic heterocycles. The molecule has 142 valence electrons. The zero-order valence-electron chi connectivity index (χ0n) is 13.8. The summed E-state index contributed by atoms with van der Waals surface area (Å²) in [6, 6.07) is 3.47. The zero-order chi connectivity index (χ0) is 20.0. The molecule has 10 heteroatoms. The minimum atomic E-state index is -4.56. The highest BCUT2D eigenvalue weighted by Crippen LogP contribution is 2.36. The second-order valence-electron chi connectivity index (χ2n) is 5.21. The number of aromatic nitrogens is 1. The molecule has 0 bridgehead atoms. The fourth-order valence-corrected chi connectivity index (χ4v) is 2.92. The molecular weight excluding hydrogens is 401 g/mol. The van der Waals surface area contributed by atoms with E-state index in [-0.39, 0.29) is 23.0 Å². The molecule has 5 nitrogen and oxygen atoms in total. The summed E-state index contributed by atoms with van der Waals surface area (Å²) in [6.45, 7) is 6.89. The van der Waals surface area contributed by atoms with Crippen LogP contribution in [0.15, 0.2) is 53.1 Å². The Hall–Kier alpha value is -2.65. The van der Waals surface area contributed by atoms with Crippen LogP contribution >= 0.6 is 22.9 Å². The molecule has 0 unspecified atom stereocenters. The van der Waals surface area contributed by atoms with Gasteiger partial charge < -0.3 is 10.6 Å². The molecule has 1 amide bonds. The number of hydrogen-bond acceptors (Lipinski definition) is 5. The predicted molar refractivity (Wildman–Crippen MR) is 102 cm³/mol. The first-order chi connectivity index (χ1) is 12.7. The number of thiazole rings is 1. The molecule has 0 saturated carbocycles. The number of alkyl halides is 3. The quantitative estimate of drug-likeness (QED) is 0.498. The van der Waals surface area contributed by atoms with E-state index in [1.807, 2.05) is 0 Å². The molecule has 27 heavy (non-hydrogen) atoms. The van der Waals surface area contributed by atoms with Gasteiger partial charge in [0.05, 0.1) is 22.7 Å². The van der Waals surface area contributed by atoms with Crippen molar-refractivity contribution in [2.24, 2.45) is 4.99 Å². The maximum atomic E-state index is 12.9. The molecule has 0 aliphatic carbocycles. The normalized spacial score (nSPS) is 11.4. The number of carbonyl (C=O) groups excluding carboxylic acids is 1.